The van der Waals surface area contributed by atoms with Gasteiger partial charge in [0.05, 0.1) is 23.4 Å². The Bertz CT molecular complexity index is 1510. The summed E-state index contributed by atoms with van der Waals surface area (Å²) in [6.07, 6.45) is 2.14. The van der Waals surface area contributed by atoms with Crippen molar-refractivity contribution in [3.8, 4) is 16.9 Å². The SMILES string of the molecule is CCCN1C(=O)COc2ccc(C(=O)C(C)n3cnc4scc(-c5ccc(F)cc5)c4c3=O)cc21. The molecule has 0 fully saturated rings. The molecule has 3 heterocycles. The highest BCUT2D eigenvalue weighted by Gasteiger charge is 2.28. The average molecular weight is 492 g/mol. The van der Waals surface area contributed by atoms with Crippen LogP contribution in [0, 0.1) is 5.82 Å². The summed E-state index contributed by atoms with van der Waals surface area (Å²) in [6.45, 7) is 4.10. The lowest BCUT2D eigenvalue weighted by Gasteiger charge is -2.29. The highest BCUT2D eigenvalue weighted by molar-refractivity contribution is 7.17. The number of rotatable bonds is 6. The van der Waals surface area contributed by atoms with Crippen molar-refractivity contribution in [2.75, 3.05) is 18.1 Å². The highest BCUT2D eigenvalue weighted by Crippen LogP contribution is 2.34. The molecule has 0 saturated carbocycles. The quantitative estimate of drug-likeness (QED) is 0.361. The van der Waals surface area contributed by atoms with E-state index in [-0.39, 0.29) is 29.7 Å². The van der Waals surface area contributed by atoms with Crippen LogP contribution in [0.5, 0.6) is 5.75 Å². The first kappa shape index (κ1) is 22.9. The summed E-state index contributed by atoms with van der Waals surface area (Å²) in [7, 11) is 0. The first-order chi connectivity index (χ1) is 16.9. The number of Topliss-reactive ketones (excluding diaryl/α,β-unsaturated/α-hetero) is 1. The van der Waals surface area contributed by atoms with Gasteiger partial charge in [-0.25, -0.2) is 9.37 Å². The number of halogens is 1. The highest BCUT2D eigenvalue weighted by atomic mass is 32.1. The van der Waals surface area contributed by atoms with Crippen LogP contribution in [-0.4, -0.2) is 34.4 Å². The fourth-order valence-corrected chi connectivity index (χ4v) is 5.16. The van der Waals surface area contributed by atoms with Gasteiger partial charge in [0.1, 0.15) is 16.4 Å². The third-order valence-electron chi connectivity index (χ3n) is 6.10. The molecule has 1 atom stereocenters. The van der Waals surface area contributed by atoms with Crippen molar-refractivity contribution in [2.45, 2.75) is 26.3 Å². The normalized spacial score (nSPS) is 14.0. The number of carbonyl (C=O) groups is 2. The molecule has 2 aromatic carbocycles. The third kappa shape index (κ3) is 4.01. The van der Waals surface area contributed by atoms with Crippen LogP contribution in [0.3, 0.4) is 0 Å². The molecule has 1 unspecified atom stereocenters. The first-order valence-corrected chi connectivity index (χ1v) is 12.1. The number of ether oxygens (including phenoxy) is 1. The topological polar surface area (TPSA) is 81.5 Å². The molecule has 35 heavy (non-hydrogen) atoms. The molecule has 0 saturated heterocycles. The van der Waals surface area contributed by atoms with Crippen molar-refractivity contribution in [2.24, 2.45) is 0 Å². The van der Waals surface area contributed by atoms with Gasteiger partial charge in [0.2, 0.25) is 0 Å². The second kappa shape index (κ2) is 9.07. The van der Waals surface area contributed by atoms with Crippen LogP contribution in [0.15, 0.2) is 59.0 Å². The average Bonchev–Trinajstić information content (AvgIpc) is 3.30. The van der Waals surface area contributed by atoms with E-state index in [2.05, 4.69) is 4.98 Å². The zero-order valence-electron chi connectivity index (χ0n) is 19.2. The molecular formula is C26H22FN3O4S. The lowest BCUT2D eigenvalue weighted by molar-refractivity contribution is -0.121. The summed E-state index contributed by atoms with van der Waals surface area (Å²) in [6, 6.07) is 10.0. The number of nitrogens with zero attached hydrogens (tertiary/aromatic N) is 3. The summed E-state index contributed by atoms with van der Waals surface area (Å²) >= 11 is 1.32. The lowest BCUT2D eigenvalue weighted by Crippen LogP contribution is -2.39. The summed E-state index contributed by atoms with van der Waals surface area (Å²) in [5.74, 6) is -0.264. The molecule has 7 nitrogen and oxygen atoms in total. The van der Waals surface area contributed by atoms with E-state index in [1.54, 1.807) is 42.2 Å². The summed E-state index contributed by atoms with van der Waals surface area (Å²) < 4.78 is 20.2. The van der Waals surface area contributed by atoms with Crippen LogP contribution in [-0.2, 0) is 4.79 Å². The fourth-order valence-electron chi connectivity index (χ4n) is 4.26. The van der Waals surface area contributed by atoms with Crippen molar-refractivity contribution >= 4 is 38.9 Å². The number of fused-ring (bicyclic) bond motifs is 2. The Hall–Kier alpha value is -3.85. The van der Waals surface area contributed by atoms with Crippen LogP contribution in [0.25, 0.3) is 21.3 Å². The molecule has 1 amide bonds. The Labute approximate surface area is 204 Å². The number of carbonyl (C=O) groups excluding carboxylic acids is 2. The molecule has 4 aromatic rings. The van der Waals surface area contributed by atoms with Gasteiger partial charge in [-0.3, -0.25) is 19.0 Å². The fraction of sp³-hybridized carbons (Fsp3) is 0.231. The molecule has 1 aliphatic rings. The largest absolute Gasteiger partial charge is 0.482 e. The Kier molecular flexibility index (Phi) is 5.94. The number of hydrogen-bond acceptors (Lipinski definition) is 6. The van der Waals surface area contributed by atoms with E-state index in [0.717, 1.165) is 6.42 Å². The Morgan fingerprint density at radius 3 is 2.71 bits per heavy atom. The second-order valence-electron chi connectivity index (χ2n) is 8.35. The van der Waals surface area contributed by atoms with Crippen molar-refractivity contribution in [3.05, 3.63) is 75.9 Å². The number of aromatic nitrogens is 2. The maximum atomic E-state index is 13.5. The van der Waals surface area contributed by atoms with Crippen LogP contribution in [0.2, 0.25) is 0 Å². The molecule has 0 N–H and O–H groups in total. The summed E-state index contributed by atoms with van der Waals surface area (Å²) in [5.41, 5.74) is 1.92. The van der Waals surface area contributed by atoms with E-state index in [1.165, 1.54) is 34.4 Å². The number of hydrogen-bond donors (Lipinski definition) is 0. The van der Waals surface area contributed by atoms with Gasteiger partial charge in [-0.2, -0.15) is 0 Å². The van der Waals surface area contributed by atoms with E-state index in [9.17, 15) is 18.8 Å². The molecule has 9 heteroatoms. The van der Waals surface area contributed by atoms with Gasteiger partial charge in [-0.05, 0) is 49.2 Å². The van der Waals surface area contributed by atoms with E-state index >= 15 is 0 Å². The Morgan fingerprint density at radius 2 is 1.97 bits per heavy atom. The molecule has 0 aliphatic carbocycles. The molecule has 178 valence electrons. The number of anilines is 1. The van der Waals surface area contributed by atoms with Crippen LogP contribution < -0.4 is 15.2 Å². The van der Waals surface area contributed by atoms with Gasteiger partial charge < -0.3 is 9.64 Å². The van der Waals surface area contributed by atoms with Gasteiger partial charge in [0, 0.05) is 23.1 Å². The van der Waals surface area contributed by atoms with Crippen LogP contribution >= 0.6 is 11.3 Å². The molecule has 1 aliphatic heterocycles. The van der Waals surface area contributed by atoms with Gasteiger partial charge >= 0.3 is 0 Å². The van der Waals surface area contributed by atoms with Gasteiger partial charge in [-0.1, -0.05) is 19.1 Å². The third-order valence-corrected chi connectivity index (χ3v) is 6.99. The molecule has 0 bridgehead atoms. The van der Waals surface area contributed by atoms with Crippen molar-refractivity contribution < 1.29 is 18.7 Å². The summed E-state index contributed by atoms with van der Waals surface area (Å²) in [5, 5.41) is 2.20. The van der Waals surface area contributed by atoms with Crippen LogP contribution in [0.4, 0.5) is 10.1 Å². The van der Waals surface area contributed by atoms with Gasteiger partial charge in [0.25, 0.3) is 11.5 Å². The van der Waals surface area contributed by atoms with E-state index in [1.807, 2.05) is 12.3 Å². The number of benzene rings is 2. The van der Waals surface area contributed by atoms with Gasteiger partial charge in [-0.15, -0.1) is 11.3 Å². The minimum Gasteiger partial charge on any atom is -0.482 e. The van der Waals surface area contributed by atoms with Crippen molar-refractivity contribution in [1.29, 1.82) is 0 Å². The minimum absolute atomic E-state index is 0.0329. The smallest absolute Gasteiger partial charge is 0.265 e. The maximum Gasteiger partial charge on any atom is 0.265 e. The molecule has 2 aromatic heterocycles. The number of amides is 1. The zero-order chi connectivity index (χ0) is 24.7. The van der Waals surface area contributed by atoms with Crippen LogP contribution in [0.1, 0.15) is 36.7 Å². The summed E-state index contributed by atoms with van der Waals surface area (Å²) in [4.78, 5) is 45.8. The number of ketones is 1. The van der Waals surface area contributed by atoms with Crippen molar-refractivity contribution in [1.82, 2.24) is 9.55 Å². The molecule has 0 spiro atoms. The Balaban J connectivity index is 1.53. The standard InChI is InChI=1S/C26H22FN3O4S/c1-3-10-29-20-11-17(6-9-21(20)34-12-22(29)31)24(32)15(2)30-14-28-25-23(26(30)33)19(13-35-25)16-4-7-18(27)8-5-16/h4-9,11,13-15H,3,10,12H2,1-2H3. The predicted octanol–water partition coefficient (Wildman–Crippen LogP) is 4.84. The van der Waals surface area contributed by atoms with E-state index in [4.69, 9.17) is 4.74 Å². The van der Waals surface area contributed by atoms with E-state index < -0.39 is 6.04 Å². The van der Waals surface area contributed by atoms with E-state index in [0.29, 0.717) is 44.9 Å². The molecule has 0 radical (unpaired) electrons. The Morgan fingerprint density at radius 1 is 1.20 bits per heavy atom. The molecule has 5 rings (SSSR count). The maximum absolute atomic E-state index is 13.5. The monoisotopic (exact) mass is 491 g/mol. The van der Waals surface area contributed by atoms with Gasteiger partial charge in [0.15, 0.2) is 12.4 Å². The lowest BCUT2D eigenvalue weighted by atomic mass is 10.0. The second-order valence-corrected chi connectivity index (χ2v) is 9.21. The first-order valence-electron chi connectivity index (χ1n) is 11.2. The number of thiophene rings is 1. The molecular weight excluding hydrogens is 469 g/mol. The van der Waals surface area contributed by atoms with Crippen molar-refractivity contribution in [3.63, 3.8) is 0 Å². The zero-order valence-corrected chi connectivity index (χ0v) is 20.0. The minimum atomic E-state index is -0.835. The predicted molar refractivity (Wildman–Crippen MR) is 133 cm³/mol.